The standard InChI is InChI=1S/C48H72O18/c1-23(2)40(49)56-21-32-34(61-42(51)25(5)6)36(62-43(52)26(7)8)39(65-46(55)29(13)14)48(60-32)66-35-33(22-57-41(50)24(3)4)59-47(58-20-31-18-16-17-30(15)19-31)38(64-45(54)28(11)12)37(35)63-44(53)27(9)10/h16-19,23-29,32-39,47-48H,20-22H2,1-15H3/t32?,33?,34-,35+,36-,37-,38?,39?,47+,48-/m0/s1. The van der Waals surface area contributed by atoms with Crippen LogP contribution in [-0.4, -0.2) is 116 Å². The molecule has 2 aliphatic heterocycles. The second-order valence-electron chi connectivity index (χ2n) is 18.8. The van der Waals surface area contributed by atoms with Gasteiger partial charge in [-0.15, -0.1) is 0 Å². The molecule has 2 fully saturated rings. The number of ether oxygens (including phenoxy) is 11. The number of carbonyl (C=O) groups is 7. The van der Waals surface area contributed by atoms with Crippen molar-refractivity contribution < 1.29 is 85.7 Å². The zero-order valence-electron chi connectivity index (χ0n) is 41.1. The Morgan fingerprint density at radius 1 is 0.455 bits per heavy atom. The predicted molar refractivity (Wildman–Crippen MR) is 233 cm³/mol. The third-order valence-electron chi connectivity index (χ3n) is 10.3. The average Bonchev–Trinajstić information content (AvgIpc) is 3.23. The van der Waals surface area contributed by atoms with E-state index < -0.39 is 158 Å². The molecule has 0 N–H and O–H groups in total. The van der Waals surface area contributed by atoms with Gasteiger partial charge in [-0.1, -0.05) is 127 Å². The molecule has 0 aliphatic carbocycles. The summed E-state index contributed by atoms with van der Waals surface area (Å²) in [5.41, 5.74) is 1.67. The maximum absolute atomic E-state index is 13.7. The van der Waals surface area contributed by atoms with Gasteiger partial charge in [0.15, 0.2) is 43.1 Å². The van der Waals surface area contributed by atoms with Crippen LogP contribution in [0.15, 0.2) is 24.3 Å². The van der Waals surface area contributed by atoms with E-state index in [2.05, 4.69) is 0 Å². The fourth-order valence-corrected chi connectivity index (χ4v) is 6.24. The van der Waals surface area contributed by atoms with Crippen molar-refractivity contribution >= 4 is 41.8 Å². The quantitative estimate of drug-likeness (QED) is 0.108. The average molecular weight is 937 g/mol. The van der Waals surface area contributed by atoms with Crippen LogP contribution in [0.3, 0.4) is 0 Å². The first-order valence-corrected chi connectivity index (χ1v) is 22.8. The molecule has 0 saturated carbocycles. The first-order valence-electron chi connectivity index (χ1n) is 22.8. The van der Waals surface area contributed by atoms with E-state index >= 15 is 0 Å². The van der Waals surface area contributed by atoms with Crippen LogP contribution in [0.1, 0.15) is 108 Å². The van der Waals surface area contributed by atoms with Crippen LogP contribution in [-0.2, 0) is 92.3 Å². The minimum atomic E-state index is -1.84. The smallest absolute Gasteiger partial charge is 0.308 e. The Balaban J connectivity index is 2.36. The van der Waals surface area contributed by atoms with Crippen LogP contribution >= 0.6 is 0 Å². The van der Waals surface area contributed by atoms with Gasteiger partial charge in [-0.3, -0.25) is 33.6 Å². The summed E-state index contributed by atoms with van der Waals surface area (Å²) >= 11 is 0. The molecule has 66 heavy (non-hydrogen) atoms. The third-order valence-corrected chi connectivity index (χ3v) is 10.3. The van der Waals surface area contributed by atoms with Crippen LogP contribution in [0.2, 0.25) is 0 Å². The van der Waals surface area contributed by atoms with E-state index in [0.29, 0.717) is 0 Å². The maximum Gasteiger partial charge on any atom is 0.308 e. The van der Waals surface area contributed by atoms with Crippen LogP contribution in [0.4, 0.5) is 0 Å². The van der Waals surface area contributed by atoms with E-state index in [1.54, 1.807) is 96.9 Å². The molecule has 18 heteroatoms. The molecular formula is C48H72O18. The molecule has 0 bridgehead atoms. The molecule has 18 nitrogen and oxygen atoms in total. The van der Waals surface area contributed by atoms with E-state index in [9.17, 15) is 33.6 Å². The van der Waals surface area contributed by atoms with E-state index in [1.807, 2.05) is 31.2 Å². The summed E-state index contributed by atoms with van der Waals surface area (Å²) in [5.74, 6) is -9.90. The van der Waals surface area contributed by atoms with Gasteiger partial charge in [0.05, 0.1) is 48.0 Å². The van der Waals surface area contributed by atoms with Gasteiger partial charge >= 0.3 is 41.8 Å². The lowest BCUT2D eigenvalue weighted by Gasteiger charge is -2.49. The highest BCUT2D eigenvalue weighted by atomic mass is 16.8. The largest absolute Gasteiger partial charge is 0.463 e. The molecular weight excluding hydrogens is 865 g/mol. The van der Waals surface area contributed by atoms with Crippen molar-refractivity contribution in [1.29, 1.82) is 0 Å². The highest BCUT2D eigenvalue weighted by molar-refractivity contribution is 5.75. The van der Waals surface area contributed by atoms with Gasteiger partial charge in [-0.05, 0) is 12.5 Å². The van der Waals surface area contributed by atoms with E-state index in [1.165, 1.54) is 0 Å². The Morgan fingerprint density at radius 3 is 1.21 bits per heavy atom. The number of rotatable bonds is 21. The Hall–Kier alpha value is -4.65. The first kappa shape index (κ1) is 55.7. The summed E-state index contributed by atoms with van der Waals surface area (Å²) in [4.78, 5) is 93.8. The highest BCUT2D eigenvalue weighted by Crippen LogP contribution is 2.37. The summed E-state index contributed by atoms with van der Waals surface area (Å²) in [6.07, 6.45) is -15.9. The van der Waals surface area contributed by atoms with Gasteiger partial charge in [0.2, 0.25) is 0 Å². The Morgan fingerprint density at radius 2 is 0.803 bits per heavy atom. The van der Waals surface area contributed by atoms with E-state index in [-0.39, 0.29) is 6.61 Å². The third kappa shape index (κ3) is 16.0. The van der Waals surface area contributed by atoms with Gasteiger partial charge in [-0.2, -0.15) is 0 Å². The van der Waals surface area contributed by atoms with Crippen molar-refractivity contribution in [3.8, 4) is 0 Å². The van der Waals surface area contributed by atoms with E-state index in [0.717, 1.165) is 11.1 Å². The second kappa shape index (κ2) is 25.5. The SMILES string of the molecule is Cc1cccc(CO[C@@H]2OC(COC(=O)C(C)C)[C@@H](O[C@@H]3OC(COC(=O)C(C)C)[C@H](OC(=O)C(C)C)[C@H](OC(=O)C(C)C)C3OC(=O)C(C)C)[C@H](OC(=O)C(C)C)C2OC(=O)C(C)C)c1. The van der Waals surface area contributed by atoms with Crippen molar-refractivity contribution in [2.24, 2.45) is 41.4 Å². The van der Waals surface area contributed by atoms with E-state index in [4.69, 9.17) is 52.1 Å². The number of aryl methyl sites for hydroxylation is 1. The van der Waals surface area contributed by atoms with Crippen LogP contribution < -0.4 is 0 Å². The van der Waals surface area contributed by atoms with Gasteiger partial charge < -0.3 is 52.1 Å². The molecule has 2 aliphatic rings. The number of esters is 7. The lowest BCUT2D eigenvalue weighted by molar-refractivity contribution is -0.363. The molecule has 0 radical (unpaired) electrons. The van der Waals surface area contributed by atoms with Crippen LogP contribution in [0.5, 0.6) is 0 Å². The monoisotopic (exact) mass is 936 g/mol. The molecule has 0 aromatic heterocycles. The minimum Gasteiger partial charge on any atom is -0.463 e. The van der Waals surface area contributed by atoms with Crippen molar-refractivity contribution in [3.05, 3.63) is 35.4 Å². The van der Waals surface area contributed by atoms with Crippen LogP contribution in [0.25, 0.3) is 0 Å². The van der Waals surface area contributed by atoms with Crippen molar-refractivity contribution in [2.45, 2.75) is 172 Å². The van der Waals surface area contributed by atoms with Gasteiger partial charge in [0.25, 0.3) is 0 Å². The summed E-state index contributed by atoms with van der Waals surface area (Å²) < 4.78 is 67.6. The molecule has 3 rings (SSSR count). The lowest BCUT2D eigenvalue weighted by atomic mass is 9.95. The second-order valence-corrected chi connectivity index (χ2v) is 18.8. The molecule has 2 saturated heterocycles. The molecule has 0 spiro atoms. The zero-order chi connectivity index (χ0) is 49.7. The molecule has 372 valence electrons. The van der Waals surface area contributed by atoms with Crippen molar-refractivity contribution in [2.75, 3.05) is 13.2 Å². The molecule has 0 amide bonds. The molecule has 4 unspecified atom stereocenters. The number of benzene rings is 1. The zero-order valence-corrected chi connectivity index (χ0v) is 41.1. The van der Waals surface area contributed by atoms with Crippen molar-refractivity contribution in [1.82, 2.24) is 0 Å². The van der Waals surface area contributed by atoms with Crippen molar-refractivity contribution in [3.63, 3.8) is 0 Å². The topological polar surface area (TPSA) is 221 Å². The van der Waals surface area contributed by atoms with Gasteiger partial charge in [0.1, 0.15) is 31.5 Å². The number of hydrogen-bond donors (Lipinski definition) is 0. The Labute approximate surface area is 388 Å². The fourth-order valence-electron chi connectivity index (χ4n) is 6.24. The normalized spacial score (nSPS) is 25.5. The molecule has 10 atom stereocenters. The minimum absolute atomic E-state index is 0.0634. The number of hydrogen-bond acceptors (Lipinski definition) is 18. The fraction of sp³-hybridized carbons (Fsp3) is 0.729. The van der Waals surface area contributed by atoms with Gasteiger partial charge in [0, 0.05) is 0 Å². The number of carbonyl (C=O) groups excluding carboxylic acids is 7. The predicted octanol–water partition coefficient (Wildman–Crippen LogP) is 5.58. The highest BCUT2D eigenvalue weighted by Gasteiger charge is 2.58. The Kier molecular flexibility index (Phi) is 21.5. The maximum atomic E-state index is 13.7. The molecule has 2 heterocycles. The summed E-state index contributed by atoms with van der Waals surface area (Å²) in [5, 5.41) is 0. The summed E-state index contributed by atoms with van der Waals surface area (Å²) in [7, 11) is 0. The Bertz CT molecular complexity index is 1800. The summed E-state index contributed by atoms with van der Waals surface area (Å²) in [6, 6.07) is 7.43. The summed E-state index contributed by atoms with van der Waals surface area (Å²) in [6.45, 7) is 22.9. The lowest BCUT2D eigenvalue weighted by Crippen LogP contribution is -2.67. The molecule has 1 aromatic rings. The molecule has 1 aromatic carbocycles. The van der Waals surface area contributed by atoms with Crippen LogP contribution in [0, 0.1) is 48.3 Å². The first-order chi connectivity index (χ1) is 30.8. The van der Waals surface area contributed by atoms with Gasteiger partial charge in [-0.25, -0.2) is 0 Å².